The van der Waals surface area contributed by atoms with E-state index in [1.54, 1.807) is 0 Å². The Morgan fingerprint density at radius 2 is 1.70 bits per heavy atom. The SMILES string of the molecule is O=C(c1cn2c(n1)CCC(c1cccc(N3CCCC3)n1)C2)N1CCC(c2ccccc2)C1. The van der Waals surface area contributed by atoms with Gasteiger partial charge in [0.15, 0.2) is 0 Å². The van der Waals surface area contributed by atoms with Gasteiger partial charge in [0.2, 0.25) is 0 Å². The number of hydrogen-bond acceptors (Lipinski definition) is 4. The minimum Gasteiger partial charge on any atom is -0.357 e. The Morgan fingerprint density at radius 3 is 2.55 bits per heavy atom. The van der Waals surface area contributed by atoms with E-state index in [9.17, 15) is 4.79 Å². The number of benzene rings is 1. The van der Waals surface area contributed by atoms with Crippen LogP contribution >= 0.6 is 0 Å². The lowest BCUT2D eigenvalue weighted by molar-refractivity contribution is 0.0785. The van der Waals surface area contributed by atoms with Gasteiger partial charge in [0.1, 0.15) is 17.3 Å². The van der Waals surface area contributed by atoms with Crippen LogP contribution < -0.4 is 4.90 Å². The summed E-state index contributed by atoms with van der Waals surface area (Å²) >= 11 is 0. The van der Waals surface area contributed by atoms with Gasteiger partial charge in [-0.3, -0.25) is 4.79 Å². The Labute approximate surface area is 195 Å². The van der Waals surface area contributed by atoms with Crippen LogP contribution in [0.1, 0.15) is 65.1 Å². The number of rotatable bonds is 4. The Bertz CT molecular complexity index is 1130. The lowest BCUT2D eigenvalue weighted by Gasteiger charge is -2.25. The maximum atomic E-state index is 13.2. The van der Waals surface area contributed by atoms with E-state index in [1.165, 1.54) is 18.4 Å². The van der Waals surface area contributed by atoms with E-state index in [1.807, 2.05) is 17.2 Å². The van der Waals surface area contributed by atoms with E-state index in [0.29, 0.717) is 17.5 Å². The molecule has 2 saturated heterocycles. The molecule has 3 aliphatic heterocycles. The van der Waals surface area contributed by atoms with Crippen molar-refractivity contribution in [3.05, 3.63) is 77.5 Å². The zero-order valence-electron chi connectivity index (χ0n) is 19.1. The molecular weight excluding hydrogens is 410 g/mol. The average molecular weight is 442 g/mol. The van der Waals surface area contributed by atoms with Crippen molar-refractivity contribution in [2.24, 2.45) is 0 Å². The fourth-order valence-electron chi connectivity index (χ4n) is 5.68. The van der Waals surface area contributed by atoms with Crippen molar-refractivity contribution in [1.82, 2.24) is 19.4 Å². The third-order valence-electron chi connectivity index (χ3n) is 7.56. The Kier molecular flexibility index (Phi) is 5.36. The number of hydrogen-bond donors (Lipinski definition) is 0. The summed E-state index contributed by atoms with van der Waals surface area (Å²) in [6.07, 6.45) is 7.43. The lowest BCUT2D eigenvalue weighted by atomic mass is 9.95. The van der Waals surface area contributed by atoms with Crippen molar-refractivity contribution >= 4 is 11.7 Å². The number of aromatic nitrogens is 3. The molecule has 1 aromatic carbocycles. The fourth-order valence-corrected chi connectivity index (χ4v) is 5.68. The topological polar surface area (TPSA) is 54.3 Å². The zero-order valence-corrected chi connectivity index (χ0v) is 19.1. The number of aryl methyl sites for hydroxylation is 1. The van der Waals surface area contributed by atoms with Crippen molar-refractivity contribution in [3.63, 3.8) is 0 Å². The second kappa shape index (κ2) is 8.65. The molecule has 6 nitrogen and oxygen atoms in total. The van der Waals surface area contributed by atoms with Crippen LogP contribution in [0.3, 0.4) is 0 Å². The van der Waals surface area contributed by atoms with Crippen molar-refractivity contribution in [1.29, 1.82) is 0 Å². The van der Waals surface area contributed by atoms with E-state index in [2.05, 4.69) is 51.9 Å². The molecule has 0 bridgehead atoms. The smallest absolute Gasteiger partial charge is 0.274 e. The minimum absolute atomic E-state index is 0.0704. The molecule has 2 atom stereocenters. The number of anilines is 1. The standard InChI is InChI=1S/C27H31N5O/c33-27(31-16-13-21(17-31)20-7-2-1-3-8-20)24-19-32-18-22(11-12-26(32)29-24)23-9-6-10-25(28-23)30-14-4-5-15-30/h1-3,6-10,19,21-22H,4-5,11-18H2. The van der Waals surface area contributed by atoms with Gasteiger partial charge >= 0.3 is 0 Å². The van der Waals surface area contributed by atoms with E-state index >= 15 is 0 Å². The molecule has 2 fully saturated rings. The fraction of sp³-hybridized carbons (Fsp3) is 0.444. The van der Waals surface area contributed by atoms with Gasteiger partial charge in [-0.25, -0.2) is 9.97 Å². The van der Waals surface area contributed by atoms with Gasteiger partial charge in [-0.05, 0) is 43.4 Å². The molecule has 1 amide bonds. The molecule has 6 rings (SSSR count). The average Bonchev–Trinajstić information content (AvgIpc) is 3.64. The molecule has 0 radical (unpaired) electrons. The van der Waals surface area contributed by atoms with Crippen LogP contribution in [0, 0.1) is 0 Å². The Balaban J connectivity index is 1.15. The Morgan fingerprint density at radius 1 is 0.848 bits per heavy atom. The first kappa shape index (κ1) is 20.5. The molecule has 0 N–H and O–H groups in total. The maximum Gasteiger partial charge on any atom is 0.274 e. The number of amides is 1. The number of fused-ring (bicyclic) bond motifs is 1. The number of nitrogens with zero attached hydrogens (tertiary/aromatic N) is 5. The molecule has 0 spiro atoms. The molecule has 5 heterocycles. The normalized spacial score (nSPS) is 22.5. The van der Waals surface area contributed by atoms with Crippen LogP contribution in [-0.4, -0.2) is 51.5 Å². The van der Waals surface area contributed by atoms with Crippen molar-refractivity contribution < 1.29 is 4.79 Å². The highest BCUT2D eigenvalue weighted by Crippen LogP contribution is 2.31. The van der Waals surface area contributed by atoms with Gasteiger partial charge in [0.05, 0.1) is 0 Å². The summed E-state index contributed by atoms with van der Waals surface area (Å²) < 4.78 is 2.19. The van der Waals surface area contributed by atoms with E-state index < -0.39 is 0 Å². The number of pyridine rings is 1. The first-order chi connectivity index (χ1) is 16.2. The highest BCUT2D eigenvalue weighted by atomic mass is 16.2. The van der Waals surface area contributed by atoms with Gasteiger partial charge in [0, 0.05) is 62.9 Å². The van der Waals surface area contributed by atoms with Crippen LogP contribution in [0.25, 0.3) is 0 Å². The Hall–Kier alpha value is -3.15. The predicted molar refractivity (Wildman–Crippen MR) is 129 cm³/mol. The summed E-state index contributed by atoms with van der Waals surface area (Å²) in [5.74, 6) is 3.00. The molecule has 0 aliphatic carbocycles. The monoisotopic (exact) mass is 441 g/mol. The number of carbonyl (C=O) groups is 1. The van der Waals surface area contributed by atoms with Crippen molar-refractivity contribution in [2.75, 3.05) is 31.1 Å². The van der Waals surface area contributed by atoms with Crippen LogP contribution in [0.2, 0.25) is 0 Å². The second-order valence-corrected chi connectivity index (χ2v) is 9.69. The van der Waals surface area contributed by atoms with Gasteiger partial charge in [-0.1, -0.05) is 36.4 Å². The summed E-state index contributed by atoms with van der Waals surface area (Å²) in [7, 11) is 0. The van der Waals surface area contributed by atoms with E-state index in [4.69, 9.17) is 9.97 Å². The van der Waals surface area contributed by atoms with Gasteiger partial charge in [-0.2, -0.15) is 0 Å². The van der Waals surface area contributed by atoms with Crippen LogP contribution in [0.4, 0.5) is 5.82 Å². The third kappa shape index (κ3) is 4.03. The van der Waals surface area contributed by atoms with Crippen LogP contribution in [0.15, 0.2) is 54.7 Å². The summed E-state index contributed by atoms with van der Waals surface area (Å²) in [6.45, 7) is 4.65. The first-order valence-electron chi connectivity index (χ1n) is 12.4. The molecule has 3 aliphatic rings. The minimum atomic E-state index is 0.0704. The summed E-state index contributed by atoms with van der Waals surface area (Å²) in [4.78, 5) is 27.3. The largest absolute Gasteiger partial charge is 0.357 e. The van der Waals surface area contributed by atoms with Crippen LogP contribution in [0.5, 0.6) is 0 Å². The highest BCUT2D eigenvalue weighted by Gasteiger charge is 2.31. The summed E-state index contributed by atoms with van der Waals surface area (Å²) in [6, 6.07) is 17.0. The number of carbonyl (C=O) groups excluding carboxylic acids is 1. The summed E-state index contributed by atoms with van der Waals surface area (Å²) in [5.41, 5.74) is 3.08. The van der Waals surface area contributed by atoms with Gasteiger partial charge in [-0.15, -0.1) is 0 Å². The second-order valence-electron chi connectivity index (χ2n) is 9.69. The number of imidazole rings is 1. The predicted octanol–water partition coefficient (Wildman–Crippen LogP) is 4.24. The quantitative estimate of drug-likeness (QED) is 0.608. The van der Waals surface area contributed by atoms with Gasteiger partial charge < -0.3 is 14.4 Å². The van der Waals surface area contributed by atoms with E-state index in [-0.39, 0.29) is 5.91 Å². The van der Waals surface area contributed by atoms with Gasteiger partial charge in [0.25, 0.3) is 5.91 Å². The summed E-state index contributed by atoms with van der Waals surface area (Å²) in [5, 5.41) is 0. The number of likely N-dealkylation sites (tertiary alicyclic amines) is 1. The van der Waals surface area contributed by atoms with Crippen LogP contribution in [-0.2, 0) is 13.0 Å². The molecule has 3 aromatic rings. The molecule has 2 unspecified atom stereocenters. The lowest BCUT2D eigenvalue weighted by Crippen LogP contribution is -2.28. The zero-order chi connectivity index (χ0) is 22.2. The maximum absolute atomic E-state index is 13.2. The van der Waals surface area contributed by atoms with Crippen molar-refractivity contribution in [3.8, 4) is 0 Å². The molecule has 2 aromatic heterocycles. The molecule has 0 saturated carbocycles. The molecule has 170 valence electrons. The molecular formula is C27H31N5O. The molecule has 6 heteroatoms. The van der Waals surface area contributed by atoms with E-state index in [0.717, 1.165) is 69.3 Å². The first-order valence-corrected chi connectivity index (χ1v) is 12.4. The highest BCUT2D eigenvalue weighted by molar-refractivity contribution is 5.92. The molecule has 33 heavy (non-hydrogen) atoms. The third-order valence-corrected chi connectivity index (χ3v) is 7.56. The van der Waals surface area contributed by atoms with Crippen molar-refractivity contribution in [2.45, 2.75) is 50.5 Å².